The number of piperidine rings is 1. The van der Waals surface area contributed by atoms with Crippen molar-refractivity contribution in [2.45, 2.75) is 50.0 Å². The number of benzene rings is 1. The maximum atomic E-state index is 12.9. The highest BCUT2D eigenvalue weighted by atomic mass is 32.2. The van der Waals surface area contributed by atoms with Gasteiger partial charge in [-0.05, 0) is 44.4 Å². The van der Waals surface area contributed by atoms with Crippen molar-refractivity contribution in [3.05, 3.63) is 29.8 Å². The third-order valence-electron chi connectivity index (χ3n) is 5.12. The molecule has 0 N–H and O–H groups in total. The van der Waals surface area contributed by atoms with E-state index in [2.05, 4.69) is 0 Å². The lowest BCUT2D eigenvalue weighted by Gasteiger charge is -2.32. The molecule has 28 heavy (non-hydrogen) atoms. The molecule has 0 unspecified atom stereocenters. The van der Waals surface area contributed by atoms with Crippen LogP contribution in [0.25, 0.3) is 0 Å². The fourth-order valence-corrected chi connectivity index (χ4v) is 5.29. The molecular formula is C19H24N2O6S. The Morgan fingerprint density at radius 2 is 1.96 bits per heavy atom. The van der Waals surface area contributed by atoms with Gasteiger partial charge >= 0.3 is 5.97 Å². The van der Waals surface area contributed by atoms with Gasteiger partial charge in [-0.3, -0.25) is 14.5 Å². The van der Waals surface area contributed by atoms with E-state index in [1.807, 2.05) is 6.92 Å². The summed E-state index contributed by atoms with van der Waals surface area (Å²) in [6, 6.07) is 5.53. The molecule has 1 aromatic rings. The Balaban J connectivity index is 1.69. The van der Waals surface area contributed by atoms with Crippen LogP contribution < -0.4 is 0 Å². The minimum Gasteiger partial charge on any atom is -0.452 e. The highest BCUT2D eigenvalue weighted by Crippen LogP contribution is 2.25. The van der Waals surface area contributed by atoms with Crippen LogP contribution >= 0.6 is 0 Å². The first-order valence-electron chi connectivity index (χ1n) is 9.43. The summed E-state index contributed by atoms with van der Waals surface area (Å²) in [5.41, 5.74) is 0.0475. The van der Waals surface area contributed by atoms with Gasteiger partial charge in [-0.1, -0.05) is 12.5 Å². The van der Waals surface area contributed by atoms with E-state index in [1.165, 1.54) is 28.6 Å². The Hall–Kier alpha value is -2.26. The first-order chi connectivity index (χ1) is 13.3. The van der Waals surface area contributed by atoms with Crippen molar-refractivity contribution in [1.29, 1.82) is 0 Å². The van der Waals surface area contributed by atoms with Gasteiger partial charge in [0.1, 0.15) is 0 Å². The summed E-state index contributed by atoms with van der Waals surface area (Å²) in [7, 11) is -3.71. The Bertz CT molecular complexity index is 882. The molecule has 2 heterocycles. The van der Waals surface area contributed by atoms with Gasteiger partial charge < -0.3 is 4.74 Å². The number of esters is 1. The molecule has 0 bridgehead atoms. The molecule has 1 aromatic carbocycles. The number of amides is 2. The molecule has 1 atom stereocenters. The number of nitrogens with zero attached hydrogens (tertiary/aromatic N) is 2. The number of rotatable bonds is 5. The summed E-state index contributed by atoms with van der Waals surface area (Å²) >= 11 is 0. The molecule has 0 aliphatic carbocycles. The number of imide groups is 1. The molecule has 2 aliphatic rings. The molecule has 8 nitrogen and oxygen atoms in total. The van der Waals surface area contributed by atoms with Crippen LogP contribution in [0.2, 0.25) is 0 Å². The van der Waals surface area contributed by atoms with Crippen LogP contribution in [-0.2, 0) is 24.3 Å². The molecule has 0 spiro atoms. The van der Waals surface area contributed by atoms with Crippen LogP contribution in [0.1, 0.15) is 49.4 Å². The predicted molar refractivity (Wildman–Crippen MR) is 99.9 cm³/mol. The molecular weight excluding hydrogens is 384 g/mol. The summed E-state index contributed by atoms with van der Waals surface area (Å²) in [6.45, 7) is 2.11. The monoisotopic (exact) mass is 408 g/mol. The van der Waals surface area contributed by atoms with E-state index in [1.54, 1.807) is 0 Å². The van der Waals surface area contributed by atoms with Crippen molar-refractivity contribution in [2.24, 2.45) is 0 Å². The van der Waals surface area contributed by atoms with E-state index in [9.17, 15) is 22.8 Å². The molecule has 2 fully saturated rings. The molecule has 0 saturated carbocycles. The maximum absolute atomic E-state index is 12.9. The van der Waals surface area contributed by atoms with Crippen molar-refractivity contribution in [2.75, 3.05) is 19.7 Å². The van der Waals surface area contributed by atoms with Gasteiger partial charge in [-0.25, -0.2) is 13.2 Å². The SMILES string of the molecule is C[C@H]1CCCCN1S(=O)(=O)c1cccc(C(=O)OCC(=O)N2CCCC2=O)c1. The van der Waals surface area contributed by atoms with Crippen molar-refractivity contribution in [3.63, 3.8) is 0 Å². The average Bonchev–Trinajstić information content (AvgIpc) is 3.12. The quantitative estimate of drug-likeness (QED) is 0.685. The van der Waals surface area contributed by atoms with E-state index in [4.69, 9.17) is 4.74 Å². The second kappa shape index (κ2) is 8.40. The molecule has 152 valence electrons. The normalized spacial score (nSPS) is 21.0. The molecule has 2 saturated heterocycles. The summed E-state index contributed by atoms with van der Waals surface area (Å²) in [4.78, 5) is 36.9. The Morgan fingerprint density at radius 3 is 2.64 bits per heavy atom. The Kier molecular flexibility index (Phi) is 6.14. The van der Waals surface area contributed by atoms with Crippen molar-refractivity contribution in [3.8, 4) is 0 Å². The van der Waals surface area contributed by atoms with E-state index in [0.717, 1.165) is 24.2 Å². The lowest BCUT2D eigenvalue weighted by atomic mass is 10.1. The fraction of sp³-hybridized carbons (Fsp3) is 0.526. The first-order valence-corrected chi connectivity index (χ1v) is 10.9. The summed E-state index contributed by atoms with van der Waals surface area (Å²) in [5.74, 6) is -1.64. The minimum absolute atomic E-state index is 0.0248. The third kappa shape index (κ3) is 4.25. The second-order valence-corrected chi connectivity index (χ2v) is 9.00. The van der Waals surface area contributed by atoms with Crippen molar-refractivity contribution in [1.82, 2.24) is 9.21 Å². The van der Waals surface area contributed by atoms with Crippen molar-refractivity contribution >= 4 is 27.8 Å². The van der Waals surface area contributed by atoms with E-state index in [0.29, 0.717) is 25.9 Å². The van der Waals surface area contributed by atoms with E-state index in [-0.39, 0.29) is 22.4 Å². The van der Waals surface area contributed by atoms with Crippen LogP contribution in [0.15, 0.2) is 29.2 Å². The van der Waals surface area contributed by atoms with Gasteiger partial charge in [0.15, 0.2) is 6.61 Å². The van der Waals surface area contributed by atoms with Gasteiger partial charge in [0.25, 0.3) is 5.91 Å². The van der Waals surface area contributed by atoms with Crippen LogP contribution in [0.3, 0.4) is 0 Å². The molecule has 3 rings (SSSR count). The number of ether oxygens (including phenoxy) is 1. The lowest BCUT2D eigenvalue weighted by Crippen LogP contribution is -2.41. The van der Waals surface area contributed by atoms with Crippen LogP contribution in [0, 0.1) is 0 Å². The fourth-order valence-electron chi connectivity index (χ4n) is 3.55. The van der Waals surface area contributed by atoms with E-state index >= 15 is 0 Å². The summed E-state index contributed by atoms with van der Waals surface area (Å²) in [6.07, 6.45) is 3.52. The van der Waals surface area contributed by atoms with E-state index < -0.39 is 28.5 Å². The topological polar surface area (TPSA) is 101 Å². The standard InChI is InChI=1S/C19H24N2O6S/c1-14-6-2-3-11-21(14)28(25,26)16-8-4-7-15(12-16)19(24)27-13-18(23)20-10-5-9-17(20)22/h4,7-8,12,14H,2-3,5-6,9-11,13H2,1H3/t14-/m0/s1. The number of likely N-dealkylation sites (tertiary alicyclic amines) is 1. The number of carbonyl (C=O) groups is 3. The third-order valence-corrected chi connectivity index (χ3v) is 7.13. The van der Waals surface area contributed by atoms with Gasteiger partial charge in [0.05, 0.1) is 10.5 Å². The van der Waals surface area contributed by atoms with Crippen LogP contribution in [0.4, 0.5) is 0 Å². The zero-order chi connectivity index (χ0) is 20.3. The zero-order valence-corrected chi connectivity index (χ0v) is 16.6. The second-order valence-electron chi connectivity index (χ2n) is 7.11. The highest BCUT2D eigenvalue weighted by Gasteiger charge is 2.31. The van der Waals surface area contributed by atoms with Gasteiger partial charge in [-0.15, -0.1) is 0 Å². The van der Waals surface area contributed by atoms with Gasteiger partial charge in [0.2, 0.25) is 15.9 Å². The average molecular weight is 408 g/mol. The molecule has 2 amide bonds. The molecule has 0 aromatic heterocycles. The zero-order valence-electron chi connectivity index (χ0n) is 15.8. The largest absolute Gasteiger partial charge is 0.452 e. The number of hydrogen-bond donors (Lipinski definition) is 0. The highest BCUT2D eigenvalue weighted by molar-refractivity contribution is 7.89. The Morgan fingerprint density at radius 1 is 1.18 bits per heavy atom. The Labute approximate surface area is 164 Å². The van der Waals surface area contributed by atoms with Gasteiger partial charge in [0, 0.05) is 25.6 Å². The minimum atomic E-state index is -3.71. The van der Waals surface area contributed by atoms with Crippen LogP contribution in [0.5, 0.6) is 0 Å². The van der Waals surface area contributed by atoms with Gasteiger partial charge in [-0.2, -0.15) is 4.31 Å². The molecule has 2 aliphatic heterocycles. The number of hydrogen-bond acceptors (Lipinski definition) is 6. The number of sulfonamides is 1. The first kappa shape index (κ1) is 20.5. The van der Waals surface area contributed by atoms with Crippen molar-refractivity contribution < 1.29 is 27.5 Å². The van der Waals surface area contributed by atoms with Crippen LogP contribution in [-0.4, -0.2) is 61.1 Å². The predicted octanol–water partition coefficient (Wildman–Crippen LogP) is 1.56. The maximum Gasteiger partial charge on any atom is 0.338 e. The smallest absolute Gasteiger partial charge is 0.338 e. The summed E-state index contributed by atoms with van der Waals surface area (Å²) in [5, 5.41) is 0. The summed E-state index contributed by atoms with van der Waals surface area (Å²) < 4.78 is 32.3. The number of carbonyl (C=O) groups excluding carboxylic acids is 3. The molecule has 0 radical (unpaired) electrons. The molecule has 9 heteroatoms. The lowest BCUT2D eigenvalue weighted by molar-refractivity contribution is -0.143.